The third kappa shape index (κ3) is 7.45. The Hall–Kier alpha value is -1.27. The Morgan fingerprint density at radius 3 is 1.83 bits per heavy atom. The maximum atomic E-state index is 3.42. The zero-order valence-corrected chi connectivity index (χ0v) is 21.6. The van der Waals surface area contributed by atoms with Gasteiger partial charge in [0.1, 0.15) is 0 Å². The Morgan fingerprint density at radius 2 is 1.40 bits per heavy atom. The Balaban J connectivity index is 0.000000281. The second kappa shape index (κ2) is 13.9. The first-order chi connectivity index (χ1) is 13.7. The molecule has 30 heavy (non-hydrogen) atoms. The van der Waals surface area contributed by atoms with Crippen molar-refractivity contribution in [3.8, 4) is 0 Å². The van der Waals surface area contributed by atoms with Crippen LogP contribution in [0, 0.1) is 17.9 Å². The molecule has 0 amide bonds. The van der Waals surface area contributed by atoms with Crippen LogP contribution in [0.4, 0.5) is 0 Å². The van der Waals surface area contributed by atoms with E-state index >= 15 is 0 Å². The molecule has 0 saturated heterocycles. The van der Waals surface area contributed by atoms with Gasteiger partial charge in [-0.3, -0.25) is 6.08 Å². The van der Waals surface area contributed by atoms with Gasteiger partial charge in [0.2, 0.25) is 0 Å². The van der Waals surface area contributed by atoms with Gasteiger partial charge in [0.15, 0.2) is 0 Å². The minimum atomic E-state index is 0. The van der Waals surface area contributed by atoms with E-state index in [1.165, 1.54) is 44.1 Å². The molecule has 4 rings (SSSR count). The molecule has 2 aromatic rings. The first-order valence-electron chi connectivity index (χ1n) is 9.99. The van der Waals surface area contributed by atoms with Crippen LogP contribution in [0.15, 0.2) is 102 Å². The van der Waals surface area contributed by atoms with Crippen molar-refractivity contribution in [3.63, 3.8) is 0 Å². The summed E-state index contributed by atoms with van der Waals surface area (Å²) in [5.41, 5.74) is 5.62. The van der Waals surface area contributed by atoms with E-state index in [9.17, 15) is 0 Å². The SMILES string of the molecule is CC(C1=[C-]CC=C1)C(C)C1=CC=CC1.Cl.Cl.[Zr]=[C](c1ccccc1)c1ccccc1. The van der Waals surface area contributed by atoms with Crippen LogP contribution in [0.1, 0.15) is 37.8 Å². The molecule has 2 aliphatic rings. The molecule has 0 saturated carbocycles. The summed E-state index contributed by atoms with van der Waals surface area (Å²) >= 11 is 1.46. The van der Waals surface area contributed by atoms with Crippen molar-refractivity contribution in [2.75, 3.05) is 0 Å². The maximum absolute atomic E-state index is 3.42. The molecular weight excluding hydrogens is 486 g/mol. The second-order valence-corrected chi connectivity index (χ2v) is 8.53. The molecule has 0 aromatic heterocycles. The fourth-order valence-electron chi connectivity index (χ4n) is 3.50. The van der Waals surface area contributed by atoms with Crippen LogP contribution in [0.25, 0.3) is 0 Å². The molecule has 156 valence electrons. The second-order valence-electron chi connectivity index (χ2n) is 7.30. The van der Waals surface area contributed by atoms with Crippen LogP contribution < -0.4 is 0 Å². The summed E-state index contributed by atoms with van der Waals surface area (Å²) in [5.74, 6) is 1.26. The Morgan fingerprint density at radius 1 is 0.833 bits per heavy atom. The predicted molar refractivity (Wildman–Crippen MR) is 131 cm³/mol. The van der Waals surface area contributed by atoms with E-state index in [-0.39, 0.29) is 24.8 Å². The minimum absolute atomic E-state index is 0. The van der Waals surface area contributed by atoms with Crippen molar-refractivity contribution in [3.05, 3.63) is 119 Å². The number of allylic oxidation sites excluding steroid dienone is 8. The third-order valence-corrected chi connectivity index (χ3v) is 6.89. The average molecular weight is 516 g/mol. The van der Waals surface area contributed by atoms with E-state index < -0.39 is 0 Å². The molecule has 2 unspecified atom stereocenters. The van der Waals surface area contributed by atoms with Gasteiger partial charge in [0.25, 0.3) is 0 Å². The van der Waals surface area contributed by atoms with Crippen molar-refractivity contribution < 1.29 is 24.2 Å². The van der Waals surface area contributed by atoms with Gasteiger partial charge in [-0.15, -0.1) is 31.2 Å². The van der Waals surface area contributed by atoms with Crippen LogP contribution in [-0.4, -0.2) is 3.21 Å². The van der Waals surface area contributed by atoms with E-state index in [0.717, 1.165) is 12.8 Å². The van der Waals surface area contributed by atoms with Gasteiger partial charge in [-0.2, -0.15) is 6.08 Å². The molecule has 0 nitrogen and oxygen atoms in total. The summed E-state index contributed by atoms with van der Waals surface area (Å²) in [7, 11) is 0. The Labute approximate surface area is 209 Å². The standard InChI is InChI=1S/C14H17.C13H10.2ClH.Zr/c1-11(13-7-3-4-8-13)12(2)14-9-5-6-10-14;1-3-7-12(8-4-1)11-13-9-5-2-6-10-13;;;/h3-5,7,9,11-12H,6,8H2,1-2H3;1-10H;2*1H;/q-1;;;;. The summed E-state index contributed by atoms with van der Waals surface area (Å²) in [6, 6.07) is 21.1. The van der Waals surface area contributed by atoms with Gasteiger partial charge < -0.3 is 0 Å². The summed E-state index contributed by atoms with van der Waals surface area (Å²) in [6.45, 7) is 4.63. The van der Waals surface area contributed by atoms with Gasteiger partial charge in [-0.25, -0.2) is 11.6 Å². The number of rotatable bonds is 5. The quantitative estimate of drug-likeness (QED) is 0.362. The van der Waals surface area contributed by atoms with Gasteiger partial charge in [-0.05, 0) is 18.3 Å². The molecule has 2 aromatic carbocycles. The molecule has 0 radical (unpaired) electrons. The van der Waals surface area contributed by atoms with E-state index in [1.807, 2.05) is 0 Å². The normalized spacial score (nSPS) is 15.5. The first kappa shape index (κ1) is 26.8. The third-order valence-electron chi connectivity index (χ3n) is 5.47. The van der Waals surface area contributed by atoms with Crippen LogP contribution in [0.3, 0.4) is 0 Å². The molecule has 0 spiro atoms. The van der Waals surface area contributed by atoms with Crippen LogP contribution in [0.2, 0.25) is 0 Å². The van der Waals surface area contributed by atoms with E-state index in [2.05, 4.69) is 111 Å². The summed E-state index contributed by atoms with van der Waals surface area (Å²) in [5, 5.41) is 0. The zero-order chi connectivity index (χ0) is 19.8. The Kier molecular flexibility index (Phi) is 12.4. The first-order valence-corrected chi connectivity index (χ1v) is 11.2. The molecular formula is C27H29Cl2Zr-. The topological polar surface area (TPSA) is 0 Å². The molecule has 3 heteroatoms. The monoisotopic (exact) mass is 513 g/mol. The van der Waals surface area contributed by atoms with Crippen LogP contribution >= 0.6 is 24.8 Å². The van der Waals surface area contributed by atoms with E-state index in [0.29, 0.717) is 11.8 Å². The van der Waals surface area contributed by atoms with Gasteiger partial charge in [0, 0.05) is 0 Å². The molecule has 0 bridgehead atoms. The Bertz CT molecular complexity index is 867. The molecule has 2 aliphatic carbocycles. The summed E-state index contributed by atoms with van der Waals surface area (Å²) in [4.78, 5) is 0. The molecule has 2 atom stereocenters. The van der Waals surface area contributed by atoms with Crippen molar-refractivity contribution in [1.82, 2.24) is 0 Å². The van der Waals surface area contributed by atoms with Crippen molar-refractivity contribution in [2.45, 2.75) is 26.7 Å². The summed E-state index contributed by atoms with van der Waals surface area (Å²) in [6.07, 6.45) is 16.7. The molecule has 0 N–H and O–H groups in total. The van der Waals surface area contributed by atoms with Gasteiger partial charge in [0.05, 0.1) is 0 Å². The number of benzene rings is 2. The number of hydrogen-bond donors (Lipinski definition) is 0. The number of hydrogen-bond acceptors (Lipinski definition) is 0. The summed E-state index contributed by atoms with van der Waals surface area (Å²) < 4.78 is 1.42. The number of halogens is 2. The fourth-order valence-corrected chi connectivity index (χ4v) is 4.32. The molecule has 0 heterocycles. The van der Waals surface area contributed by atoms with Crippen molar-refractivity contribution in [2.24, 2.45) is 11.8 Å². The van der Waals surface area contributed by atoms with Crippen molar-refractivity contribution in [1.29, 1.82) is 0 Å². The predicted octanol–water partition coefficient (Wildman–Crippen LogP) is 7.48. The van der Waals surface area contributed by atoms with Crippen LogP contribution in [-0.2, 0) is 24.2 Å². The van der Waals surface area contributed by atoms with Gasteiger partial charge >= 0.3 is 99.2 Å². The van der Waals surface area contributed by atoms with E-state index in [4.69, 9.17) is 0 Å². The molecule has 0 fully saturated rings. The van der Waals surface area contributed by atoms with Crippen LogP contribution in [0.5, 0.6) is 0 Å². The van der Waals surface area contributed by atoms with Gasteiger partial charge in [-0.1, -0.05) is 37.6 Å². The van der Waals surface area contributed by atoms with E-state index in [1.54, 1.807) is 5.57 Å². The average Bonchev–Trinajstić information content (AvgIpc) is 3.48. The molecule has 0 aliphatic heterocycles. The van der Waals surface area contributed by atoms with Crippen molar-refractivity contribution >= 4 is 28.0 Å². The zero-order valence-electron chi connectivity index (χ0n) is 17.5. The fraction of sp³-hybridized carbons (Fsp3) is 0.222.